The number of nitrogens with one attached hydrogen (secondary N) is 2. The van der Waals surface area contributed by atoms with Crippen molar-refractivity contribution in [3.05, 3.63) is 71.9 Å². The van der Waals surface area contributed by atoms with Gasteiger partial charge in [0.05, 0.1) is 24.1 Å². The summed E-state index contributed by atoms with van der Waals surface area (Å²) >= 11 is 0. The molecule has 1 aromatic carbocycles. The highest BCUT2D eigenvalue weighted by Gasteiger charge is 2.22. The molecule has 2 N–H and O–H groups in total. The Morgan fingerprint density at radius 1 is 1.17 bits per heavy atom. The van der Waals surface area contributed by atoms with E-state index < -0.39 is 5.82 Å². The normalized spacial score (nSPS) is 13.0. The summed E-state index contributed by atoms with van der Waals surface area (Å²) in [6.07, 6.45) is 6.97. The molecule has 0 bridgehead atoms. The number of hydrogen-bond acceptors (Lipinski definition) is 6. The fourth-order valence-electron chi connectivity index (χ4n) is 3.53. The molecule has 0 atom stereocenters. The van der Waals surface area contributed by atoms with Crippen LogP contribution in [0.5, 0.6) is 5.75 Å². The number of halogens is 1. The number of benzene rings is 1. The molecule has 2 amide bonds. The second-order valence-electron chi connectivity index (χ2n) is 8.48. The summed E-state index contributed by atoms with van der Waals surface area (Å²) < 4.78 is 21.5. The summed E-state index contributed by atoms with van der Waals surface area (Å²) in [4.78, 5) is 32.5. The Morgan fingerprint density at radius 3 is 2.83 bits per heavy atom. The number of hydrogen-bond donors (Lipinski definition) is 2. The van der Waals surface area contributed by atoms with Crippen LogP contribution in [0.25, 0.3) is 16.9 Å². The van der Waals surface area contributed by atoms with Gasteiger partial charge in [-0.2, -0.15) is 5.10 Å². The van der Waals surface area contributed by atoms with E-state index in [2.05, 4.69) is 25.7 Å². The van der Waals surface area contributed by atoms with E-state index in [1.807, 2.05) is 0 Å². The van der Waals surface area contributed by atoms with Crippen LogP contribution in [0.2, 0.25) is 0 Å². The zero-order valence-corrected chi connectivity index (χ0v) is 19.0. The standard InChI is InChI=1S/C25H23FN6O3/c1-15(33)29-23-13-32-24(30-23)7-6-22(31-32)18-8-19(11-27-10-18)25(34)28-12-17-9-20(4-5-21(17)26)35-14-16-2-3-16/h4-11,13,16H,2-3,12,14H2,1H3,(H,28,34)(H,29,33). The molecule has 10 heteroatoms. The van der Waals surface area contributed by atoms with Crippen molar-refractivity contribution in [3.63, 3.8) is 0 Å². The van der Waals surface area contributed by atoms with Crippen LogP contribution in [0.4, 0.5) is 10.2 Å². The second kappa shape index (κ2) is 9.49. The first kappa shape index (κ1) is 22.5. The topological polar surface area (TPSA) is 111 Å². The molecule has 4 aromatic rings. The molecule has 0 spiro atoms. The molecular weight excluding hydrogens is 451 g/mol. The Kier molecular flexibility index (Phi) is 6.09. The van der Waals surface area contributed by atoms with E-state index in [0.29, 0.717) is 52.1 Å². The zero-order valence-electron chi connectivity index (χ0n) is 19.0. The van der Waals surface area contributed by atoms with Gasteiger partial charge >= 0.3 is 0 Å². The molecule has 9 nitrogen and oxygen atoms in total. The molecule has 3 heterocycles. The molecule has 1 saturated carbocycles. The minimum absolute atomic E-state index is 0.0146. The number of amides is 2. The number of fused-ring (bicyclic) bond motifs is 1. The van der Waals surface area contributed by atoms with Crippen LogP contribution in [0.15, 0.2) is 55.0 Å². The quantitative estimate of drug-likeness (QED) is 0.404. The summed E-state index contributed by atoms with van der Waals surface area (Å²) in [5.41, 5.74) is 2.41. The summed E-state index contributed by atoms with van der Waals surface area (Å²) in [5, 5.41) is 9.85. The van der Waals surface area contributed by atoms with Crippen molar-refractivity contribution in [3.8, 4) is 17.0 Å². The van der Waals surface area contributed by atoms with E-state index >= 15 is 0 Å². The van der Waals surface area contributed by atoms with E-state index in [0.717, 1.165) is 0 Å². The average Bonchev–Trinajstić information content (AvgIpc) is 3.60. The van der Waals surface area contributed by atoms with Crippen LogP contribution in [0.3, 0.4) is 0 Å². The van der Waals surface area contributed by atoms with Crippen molar-refractivity contribution in [1.29, 1.82) is 0 Å². The molecule has 35 heavy (non-hydrogen) atoms. The molecule has 0 saturated heterocycles. The average molecular weight is 474 g/mol. The molecule has 3 aromatic heterocycles. The van der Waals surface area contributed by atoms with Crippen LogP contribution in [0.1, 0.15) is 35.7 Å². The molecule has 0 unspecified atom stereocenters. The first-order valence-corrected chi connectivity index (χ1v) is 11.2. The van der Waals surface area contributed by atoms with Gasteiger partial charge in [0.15, 0.2) is 11.5 Å². The first-order valence-electron chi connectivity index (χ1n) is 11.2. The fourth-order valence-corrected chi connectivity index (χ4v) is 3.53. The molecule has 5 rings (SSSR count). The summed E-state index contributed by atoms with van der Waals surface area (Å²) in [6, 6.07) is 9.73. The maximum atomic E-state index is 14.3. The minimum Gasteiger partial charge on any atom is -0.493 e. The maximum Gasteiger partial charge on any atom is 0.253 e. The third kappa shape index (κ3) is 5.43. The Hall–Kier alpha value is -4.34. The lowest BCUT2D eigenvalue weighted by atomic mass is 10.1. The molecular formula is C25H23FN6O3. The first-order chi connectivity index (χ1) is 16.9. The molecule has 1 fully saturated rings. The van der Waals surface area contributed by atoms with Crippen LogP contribution >= 0.6 is 0 Å². The van der Waals surface area contributed by atoms with Crippen molar-refractivity contribution in [2.45, 2.75) is 26.3 Å². The highest BCUT2D eigenvalue weighted by Crippen LogP contribution is 2.30. The largest absolute Gasteiger partial charge is 0.493 e. The number of nitrogens with zero attached hydrogens (tertiary/aromatic N) is 4. The van der Waals surface area contributed by atoms with Crippen LogP contribution in [0, 0.1) is 11.7 Å². The van der Waals surface area contributed by atoms with Crippen molar-refractivity contribution in [2.24, 2.45) is 5.92 Å². The summed E-state index contributed by atoms with van der Waals surface area (Å²) in [6.45, 7) is 2.04. The van der Waals surface area contributed by atoms with Crippen molar-refractivity contribution in [1.82, 2.24) is 24.9 Å². The number of anilines is 1. The SMILES string of the molecule is CC(=O)Nc1cn2nc(-c3cncc(C(=O)NCc4cc(OCC5CC5)ccc4F)c3)ccc2n1. The summed E-state index contributed by atoms with van der Waals surface area (Å²) in [7, 11) is 0. The number of pyridine rings is 1. The number of carbonyl (C=O) groups excluding carboxylic acids is 2. The Bertz CT molecular complexity index is 1420. The van der Waals surface area contributed by atoms with Gasteiger partial charge < -0.3 is 15.4 Å². The van der Waals surface area contributed by atoms with Gasteiger partial charge in [-0.05, 0) is 55.2 Å². The van der Waals surface area contributed by atoms with Crippen molar-refractivity contribution >= 4 is 23.3 Å². The van der Waals surface area contributed by atoms with Crippen molar-refractivity contribution < 1.29 is 18.7 Å². The second-order valence-corrected chi connectivity index (χ2v) is 8.48. The predicted molar refractivity (Wildman–Crippen MR) is 126 cm³/mol. The number of aromatic nitrogens is 4. The molecule has 0 radical (unpaired) electrons. The van der Waals surface area contributed by atoms with E-state index in [1.54, 1.807) is 42.7 Å². The Balaban J connectivity index is 1.28. The van der Waals surface area contributed by atoms with Crippen LogP contribution < -0.4 is 15.4 Å². The fraction of sp³-hybridized carbons (Fsp3) is 0.240. The van der Waals surface area contributed by atoms with Crippen LogP contribution in [-0.4, -0.2) is 38.0 Å². The third-order valence-electron chi connectivity index (χ3n) is 5.56. The lowest BCUT2D eigenvalue weighted by molar-refractivity contribution is -0.114. The van der Waals surface area contributed by atoms with Gasteiger partial charge in [-0.25, -0.2) is 13.9 Å². The van der Waals surface area contributed by atoms with E-state index in [4.69, 9.17) is 4.74 Å². The van der Waals surface area contributed by atoms with Gasteiger partial charge in [-0.3, -0.25) is 14.6 Å². The smallest absolute Gasteiger partial charge is 0.253 e. The monoisotopic (exact) mass is 474 g/mol. The van der Waals surface area contributed by atoms with Gasteiger partial charge in [0.25, 0.3) is 5.91 Å². The van der Waals surface area contributed by atoms with E-state index in [9.17, 15) is 14.0 Å². The van der Waals surface area contributed by atoms with Gasteiger partial charge in [-0.15, -0.1) is 0 Å². The number of ether oxygens (including phenoxy) is 1. The zero-order chi connectivity index (χ0) is 24.4. The number of imidazole rings is 1. The van der Waals surface area contributed by atoms with Gasteiger partial charge in [0.1, 0.15) is 11.6 Å². The van der Waals surface area contributed by atoms with Crippen LogP contribution in [-0.2, 0) is 11.3 Å². The lowest BCUT2D eigenvalue weighted by Gasteiger charge is -2.10. The maximum absolute atomic E-state index is 14.3. The minimum atomic E-state index is -0.410. The van der Waals surface area contributed by atoms with Gasteiger partial charge in [-0.1, -0.05) is 0 Å². The molecule has 0 aliphatic heterocycles. The Labute approximate surface area is 200 Å². The van der Waals surface area contributed by atoms with E-state index in [1.165, 1.54) is 36.5 Å². The Morgan fingerprint density at radius 2 is 2.03 bits per heavy atom. The predicted octanol–water partition coefficient (Wildman–Crippen LogP) is 3.61. The van der Waals surface area contributed by atoms with E-state index in [-0.39, 0.29) is 18.4 Å². The highest BCUT2D eigenvalue weighted by atomic mass is 19.1. The number of carbonyl (C=O) groups is 2. The van der Waals surface area contributed by atoms with Crippen molar-refractivity contribution in [2.75, 3.05) is 11.9 Å². The summed E-state index contributed by atoms with van der Waals surface area (Å²) in [5.74, 6) is 0.545. The molecule has 1 aliphatic carbocycles. The lowest BCUT2D eigenvalue weighted by Crippen LogP contribution is -2.23. The number of rotatable bonds is 8. The third-order valence-corrected chi connectivity index (χ3v) is 5.56. The highest BCUT2D eigenvalue weighted by molar-refractivity contribution is 5.95. The molecule has 178 valence electrons. The molecule has 1 aliphatic rings. The van der Waals surface area contributed by atoms with Gasteiger partial charge in [0.2, 0.25) is 5.91 Å². The van der Waals surface area contributed by atoms with Gasteiger partial charge in [0, 0.05) is 37.0 Å².